The summed E-state index contributed by atoms with van der Waals surface area (Å²) in [5.41, 5.74) is 7.76. The van der Waals surface area contributed by atoms with Crippen LogP contribution in [0.5, 0.6) is 11.5 Å². The van der Waals surface area contributed by atoms with Crippen LogP contribution < -0.4 is 9.30 Å². The topological polar surface area (TPSA) is 13.1 Å². The lowest BCUT2D eigenvalue weighted by Crippen LogP contribution is -2.32. The van der Waals surface area contributed by atoms with Crippen molar-refractivity contribution in [2.75, 3.05) is 0 Å². The van der Waals surface area contributed by atoms with Crippen LogP contribution in [0.2, 0.25) is 0 Å². The zero-order valence-electron chi connectivity index (χ0n) is 16.0. The third-order valence-electron chi connectivity index (χ3n) is 5.30. The van der Waals surface area contributed by atoms with E-state index in [1.165, 1.54) is 44.3 Å². The minimum absolute atomic E-state index is 0.595. The Balaban J connectivity index is 2.15. The van der Waals surface area contributed by atoms with Crippen molar-refractivity contribution < 1.29 is 9.30 Å². The molecule has 0 spiro atoms. The summed E-state index contributed by atoms with van der Waals surface area (Å²) < 4.78 is 8.73. The van der Waals surface area contributed by atoms with E-state index in [-0.39, 0.29) is 0 Å². The van der Waals surface area contributed by atoms with Crippen LogP contribution in [0, 0.1) is 26.7 Å². The molecule has 2 heteroatoms. The summed E-state index contributed by atoms with van der Waals surface area (Å²) in [6.07, 6.45) is 3.20. The summed E-state index contributed by atoms with van der Waals surface area (Å²) in [6.45, 7) is 11.1. The van der Waals surface area contributed by atoms with Gasteiger partial charge in [-0.25, -0.2) is 0 Å². The SMILES string of the molecule is Cc1cc2c3c(c(C)c(C)cc3c1)-c1c(c(CC(C)C)cc[n+]1C)O2. The highest BCUT2D eigenvalue weighted by atomic mass is 16.5. The molecule has 0 fully saturated rings. The van der Waals surface area contributed by atoms with Crippen molar-refractivity contribution in [1.82, 2.24) is 0 Å². The third-order valence-corrected chi connectivity index (χ3v) is 5.30. The molecule has 4 rings (SSSR count). The van der Waals surface area contributed by atoms with E-state index in [0.29, 0.717) is 5.92 Å². The van der Waals surface area contributed by atoms with Crippen molar-refractivity contribution in [2.24, 2.45) is 13.0 Å². The fourth-order valence-electron chi connectivity index (χ4n) is 4.04. The lowest BCUT2D eigenvalue weighted by Gasteiger charge is -2.24. The lowest BCUT2D eigenvalue weighted by molar-refractivity contribution is -0.660. The fraction of sp³-hybridized carbons (Fsp3) is 0.348. The number of fused-ring (bicyclic) bond motifs is 2. The second-order valence-electron chi connectivity index (χ2n) is 7.88. The van der Waals surface area contributed by atoms with E-state index in [4.69, 9.17) is 4.74 Å². The molecule has 0 saturated heterocycles. The van der Waals surface area contributed by atoms with E-state index in [1.54, 1.807) is 0 Å². The van der Waals surface area contributed by atoms with Gasteiger partial charge in [-0.2, -0.15) is 4.57 Å². The van der Waals surface area contributed by atoms with Crippen molar-refractivity contribution in [3.63, 3.8) is 0 Å². The summed E-state index contributed by atoms with van der Waals surface area (Å²) in [7, 11) is 2.12. The molecular weight excluding hydrogens is 306 g/mol. The van der Waals surface area contributed by atoms with E-state index in [2.05, 4.69) is 76.7 Å². The molecule has 0 saturated carbocycles. The van der Waals surface area contributed by atoms with Crippen molar-refractivity contribution >= 4 is 10.8 Å². The van der Waals surface area contributed by atoms with E-state index >= 15 is 0 Å². The average Bonchev–Trinajstić information content (AvgIpc) is 2.53. The molecule has 1 aliphatic rings. The highest BCUT2D eigenvalue weighted by Crippen LogP contribution is 2.48. The first-order valence-corrected chi connectivity index (χ1v) is 9.11. The maximum atomic E-state index is 6.52. The number of hydrogen-bond acceptors (Lipinski definition) is 1. The van der Waals surface area contributed by atoms with Crippen LogP contribution in [0.25, 0.3) is 22.0 Å². The summed E-state index contributed by atoms with van der Waals surface area (Å²) >= 11 is 0. The first-order valence-electron chi connectivity index (χ1n) is 9.11. The number of nitrogens with zero attached hydrogens (tertiary/aromatic N) is 1. The monoisotopic (exact) mass is 332 g/mol. The molecule has 0 bridgehead atoms. The third kappa shape index (κ3) is 2.43. The Morgan fingerprint density at radius 3 is 2.56 bits per heavy atom. The summed E-state index contributed by atoms with van der Waals surface area (Å²) in [5.74, 6) is 2.63. The summed E-state index contributed by atoms with van der Waals surface area (Å²) in [4.78, 5) is 0. The number of pyridine rings is 1. The van der Waals surface area contributed by atoms with Crippen LogP contribution >= 0.6 is 0 Å². The first kappa shape index (κ1) is 16.1. The van der Waals surface area contributed by atoms with Gasteiger partial charge in [-0.05, 0) is 61.3 Å². The van der Waals surface area contributed by atoms with Gasteiger partial charge in [-0.15, -0.1) is 0 Å². The van der Waals surface area contributed by atoms with Crippen LogP contribution in [0.4, 0.5) is 0 Å². The van der Waals surface area contributed by atoms with Gasteiger partial charge in [0.15, 0.2) is 6.20 Å². The molecule has 1 aliphatic heterocycles. The van der Waals surface area contributed by atoms with Crippen molar-refractivity contribution in [1.29, 1.82) is 0 Å². The maximum Gasteiger partial charge on any atom is 0.256 e. The highest BCUT2D eigenvalue weighted by molar-refractivity contribution is 6.05. The molecule has 0 N–H and O–H groups in total. The van der Waals surface area contributed by atoms with Gasteiger partial charge in [0.1, 0.15) is 12.8 Å². The standard InChI is InChI=1S/C23H26NO/c1-13(2)9-17-7-8-24(6)22-20-16(5)15(4)12-18-10-14(3)11-19(21(18)20)25-23(17)22/h7-8,10-13H,9H2,1-6H3/q+1. The number of benzene rings is 2. The minimum atomic E-state index is 0.595. The number of aryl methyl sites for hydroxylation is 3. The maximum absolute atomic E-state index is 6.52. The molecule has 2 heterocycles. The predicted octanol–water partition coefficient (Wildman–Crippen LogP) is 5.56. The molecule has 0 unspecified atom stereocenters. The van der Waals surface area contributed by atoms with Gasteiger partial charge in [0.25, 0.3) is 5.69 Å². The van der Waals surface area contributed by atoms with Crippen molar-refractivity contribution in [3.05, 3.63) is 52.7 Å². The number of rotatable bonds is 2. The molecule has 25 heavy (non-hydrogen) atoms. The second-order valence-corrected chi connectivity index (χ2v) is 7.88. The quantitative estimate of drug-likeness (QED) is 0.438. The second kappa shape index (κ2) is 5.59. The Labute approximate surface area is 150 Å². The van der Waals surface area contributed by atoms with Gasteiger partial charge in [-0.3, -0.25) is 0 Å². The fourth-order valence-corrected chi connectivity index (χ4v) is 4.04. The minimum Gasteiger partial charge on any atom is -0.449 e. The van der Waals surface area contributed by atoms with Crippen molar-refractivity contribution in [3.8, 4) is 22.8 Å². The molecule has 0 atom stereocenters. The van der Waals surface area contributed by atoms with Gasteiger partial charge >= 0.3 is 0 Å². The number of hydrogen-bond donors (Lipinski definition) is 0. The Hall–Kier alpha value is -2.35. The van der Waals surface area contributed by atoms with Gasteiger partial charge in [0.2, 0.25) is 5.75 Å². The smallest absolute Gasteiger partial charge is 0.256 e. The molecule has 2 aromatic carbocycles. The van der Waals surface area contributed by atoms with Gasteiger partial charge in [0.05, 0.1) is 5.56 Å². The summed E-state index contributed by atoms with van der Waals surface area (Å²) in [6, 6.07) is 8.94. The molecule has 0 aliphatic carbocycles. The van der Waals surface area contributed by atoms with Crippen LogP contribution in [-0.4, -0.2) is 0 Å². The Morgan fingerprint density at radius 1 is 1.08 bits per heavy atom. The molecule has 2 nitrogen and oxygen atoms in total. The van der Waals surface area contributed by atoms with Crippen LogP contribution in [0.3, 0.4) is 0 Å². The number of ether oxygens (including phenoxy) is 1. The Bertz CT molecular complexity index is 1010. The molecule has 128 valence electrons. The summed E-state index contributed by atoms with van der Waals surface area (Å²) in [5, 5.41) is 2.52. The van der Waals surface area contributed by atoms with Gasteiger partial charge in [0, 0.05) is 17.0 Å². The van der Waals surface area contributed by atoms with E-state index in [0.717, 1.165) is 17.9 Å². The molecule has 3 aromatic rings. The Kier molecular flexibility index (Phi) is 3.61. The molecular formula is C23H26NO+. The Morgan fingerprint density at radius 2 is 1.84 bits per heavy atom. The predicted molar refractivity (Wildman–Crippen MR) is 103 cm³/mol. The zero-order valence-corrected chi connectivity index (χ0v) is 16.0. The zero-order chi connectivity index (χ0) is 17.9. The van der Waals surface area contributed by atoms with Crippen LogP contribution in [0.15, 0.2) is 30.5 Å². The van der Waals surface area contributed by atoms with Crippen molar-refractivity contribution in [2.45, 2.75) is 41.0 Å². The lowest BCUT2D eigenvalue weighted by atomic mass is 9.88. The van der Waals surface area contributed by atoms with Crippen LogP contribution in [0.1, 0.15) is 36.1 Å². The largest absolute Gasteiger partial charge is 0.449 e. The molecule has 0 amide bonds. The van der Waals surface area contributed by atoms with E-state index in [1.807, 2.05) is 0 Å². The highest BCUT2D eigenvalue weighted by Gasteiger charge is 2.32. The number of aromatic nitrogens is 1. The first-order chi connectivity index (χ1) is 11.9. The van der Waals surface area contributed by atoms with Crippen LogP contribution in [-0.2, 0) is 13.5 Å². The van der Waals surface area contributed by atoms with Gasteiger partial charge in [-0.1, -0.05) is 26.0 Å². The normalized spacial score (nSPS) is 12.4. The molecule has 1 aromatic heterocycles. The average molecular weight is 332 g/mol. The van der Waals surface area contributed by atoms with E-state index in [9.17, 15) is 0 Å². The van der Waals surface area contributed by atoms with E-state index < -0.39 is 0 Å². The van der Waals surface area contributed by atoms with Gasteiger partial charge < -0.3 is 4.74 Å². The molecule has 0 radical (unpaired) electrons.